The number of nitro groups is 1. The van der Waals surface area contributed by atoms with Gasteiger partial charge in [0.25, 0.3) is 0 Å². The summed E-state index contributed by atoms with van der Waals surface area (Å²) in [6, 6.07) is 17.7. The maximum absolute atomic E-state index is 11.9. The van der Waals surface area contributed by atoms with E-state index in [2.05, 4.69) is 32.3 Å². The Hall–Kier alpha value is -3.88. The van der Waals surface area contributed by atoms with Crippen LogP contribution >= 0.6 is 0 Å². The van der Waals surface area contributed by atoms with E-state index >= 15 is 0 Å². The van der Waals surface area contributed by atoms with E-state index in [4.69, 9.17) is 4.74 Å². The molecule has 0 bridgehead atoms. The summed E-state index contributed by atoms with van der Waals surface area (Å²) in [7, 11) is 1.61. The fourth-order valence-electron chi connectivity index (χ4n) is 3.64. The molecule has 0 unspecified atom stereocenters. The van der Waals surface area contributed by atoms with Gasteiger partial charge in [-0.1, -0.05) is 30.3 Å². The number of hydrogen-bond donors (Lipinski definition) is 1. The number of methoxy groups -OCH3 is 1. The van der Waals surface area contributed by atoms with E-state index in [1.54, 1.807) is 7.11 Å². The van der Waals surface area contributed by atoms with Crippen molar-refractivity contribution >= 4 is 23.0 Å². The number of ether oxygens (including phenoxy) is 1. The highest BCUT2D eigenvalue weighted by Gasteiger charge is 2.29. The fraction of sp³-hybridized carbons (Fsp3) is 0.273. The van der Waals surface area contributed by atoms with E-state index in [1.807, 2.05) is 47.4 Å². The Balaban J connectivity index is 1.49. The summed E-state index contributed by atoms with van der Waals surface area (Å²) in [6.45, 7) is 3.22. The predicted molar refractivity (Wildman–Crippen MR) is 120 cm³/mol. The van der Waals surface area contributed by atoms with Gasteiger partial charge in [0.2, 0.25) is 11.6 Å². The predicted octanol–water partition coefficient (Wildman–Crippen LogP) is 3.33. The van der Waals surface area contributed by atoms with Gasteiger partial charge >= 0.3 is 5.69 Å². The van der Waals surface area contributed by atoms with Crippen molar-refractivity contribution in [1.82, 2.24) is 9.97 Å². The van der Waals surface area contributed by atoms with Crippen LogP contribution in [0.15, 0.2) is 60.9 Å². The minimum atomic E-state index is -0.407. The average Bonchev–Trinajstić information content (AvgIpc) is 2.83. The van der Waals surface area contributed by atoms with E-state index < -0.39 is 4.92 Å². The Bertz CT molecular complexity index is 1020. The molecule has 31 heavy (non-hydrogen) atoms. The van der Waals surface area contributed by atoms with Gasteiger partial charge in [-0.25, -0.2) is 9.97 Å². The van der Waals surface area contributed by atoms with Crippen LogP contribution in [-0.4, -0.2) is 48.2 Å². The molecule has 9 heteroatoms. The second kappa shape index (κ2) is 9.29. The van der Waals surface area contributed by atoms with Crippen LogP contribution < -0.4 is 19.9 Å². The number of hydrogen-bond acceptors (Lipinski definition) is 8. The Kier molecular flexibility index (Phi) is 6.11. The van der Waals surface area contributed by atoms with Gasteiger partial charge in [-0.15, -0.1) is 0 Å². The first-order chi connectivity index (χ1) is 15.2. The van der Waals surface area contributed by atoms with Crippen LogP contribution in [-0.2, 0) is 6.54 Å². The summed E-state index contributed by atoms with van der Waals surface area (Å²) in [5.74, 6) is 1.33. The van der Waals surface area contributed by atoms with E-state index in [0.717, 1.165) is 30.1 Å². The van der Waals surface area contributed by atoms with Crippen LogP contribution in [0.2, 0.25) is 0 Å². The molecule has 0 amide bonds. The molecule has 1 aromatic heterocycles. The van der Waals surface area contributed by atoms with Gasteiger partial charge in [0, 0.05) is 38.4 Å². The van der Waals surface area contributed by atoms with Crippen molar-refractivity contribution in [2.45, 2.75) is 6.54 Å². The topological polar surface area (TPSA) is 96.7 Å². The number of rotatable bonds is 7. The molecule has 0 atom stereocenters. The van der Waals surface area contributed by atoms with Crippen molar-refractivity contribution in [1.29, 1.82) is 0 Å². The number of benzene rings is 2. The number of nitrogens with one attached hydrogen (secondary N) is 1. The van der Waals surface area contributed by atoms with Gasteiger partial charge in [-0.05, 0) is 29.8 Å². The molecule has 2 aromatic carbocycles. The summed E-state index contributed by atoms with van der Waals surface area (Å²) < 4.78 is 5.16. The molecule has 0 saturated carbocycles. The molecule has 0 spiro atoms. The summed E-state index contributed by atoms with van der Waals surface area (Å²) in [6.07, 6.45) is 1.38. The van der Waals surface area contributed by atoms with Gasteiger partial charge in [0.1, 0.15) is 12.1 Å². The molecular formula is C22H24N6O3. The molecular weight excluding hydrogens is 396 g/mol. The van der Waals surface area contributed by atoms with Crippen molar-refractivity contribution < 1.29 is 9.66 Å². The van der Waals surface area contributed by atoms with Crippen LogP contribution in [0.25, 0.3) is 0 Å². The highest BCUT2D eigenvalue weighted by molar-refractivity contribution is 5.70. The molecule has 0 radical (unpaired) electrons. The summed E-state index contributed by atoms with van der Waals surface area (Å²) in [5, 5.41) is 15.0. The Morgan fingerprint density at radius 3 is 2.32 bits per heavy atom. The molecule has 160 valence electrons. The SMILES string of the molecule is COc1ccc(CNc2ncnc(N3CCN(c4ccccc4)CC3)c2[N+](=O)[O-])cc1. The first-order valence-electron chi connectivity index (χ1n) is 10.1. The Morgan fingerprint density at radius 2 is 1.68 bits per heavy atom. The normalized spacial score (nSPS) is 13.7. The van der Waals surface area contributed by atoms with Crippen LogP contribution in [0.4, 0.5) is 23.0 Å². The molecule has 1 N–H and O–H groups in total. The van der Waals surface area contributed by atoms with Gasteiger partial charge in [-0.3, -0.25) is 10.1 Å². The third kappa shape index (κ3) is 4.66. The minimum Gasteiger partial charge on any atom is -0.497 e. The van der Waals surface area contributed by atoms with Crippen LogP contribution in [0.1, 0.15) is 5.56 Å². The number of para-hydroxylation sites is 1. The fourth-order valence-corrected chi connectivity index (χ4v) is 3.64. The maximum atomic E-state index is 11.9. The lowest BCUT2D eigenvalue weighted by Crippen LogP contribution is -2.47. The quantitative estimate of drug-likeness (QED) is 0.459. The van der Waals surface area contributed by atoms with Crippen molar-refractivity contribution in [3.63, 3.8) is 0 Å². The summed E-state index contributed by atoms with van der Waals surface area (Å²) in [5.41, 5.74) is 2.03. The van der Waals surface area contributed by atoms with Gasteiger partial charge in [0.05, 0.1) is 12.0 Å². The van der Waals surface area contributed by atoms with E-state index in [-0.39, 0.29) is 11.5 Å². The first kappa shape index (κ1) is 20.4. The molecule has 4 rings (SSSR count). The van der Waals surface area contributed by atoms with Crippen molar-refractivity contribution in [2.75, 3.05) is 48.4 Å². The highest BCUT2D eigenvalue weighted by Crippen LogP contribution is 2.33. The number of aromatic nitrogens is 2. The second-order valence-corrected chi connectivity index (χ2v) is 7.16. The lowest BCUT2D eigenvalue weighted by molar-refractivity contribution is -0.383. The maximum Gasteiger partial charge on any atom is 0.353 e. The van der Waals surface area contributed by atoms with Gasteiger partial charge < -0.3 is 19.9 Å². The zero-order valence-corrected chi connectivity index (χ0v) is 17.3. The monoisotopic (exact) mass is 420 g/mol. The Morgan fingerprint density at radius 1 is 1.00 bits per heavy atom. The van der Waals surface area contributed by atoms with Crippen molar-refractivity contribution in [2.24, 2.45) is 0 Å². The largest absolute Gasteiger partial charge is 0.497 e. The summed E-state index contributed by atoms with van der Waals surface area (Å²) in [4.78, 5) is 24.1. The minimum absolute atomic E-state index is 0.0934. The van der Waals surface area contributed by atoms with Crippen LogP contribution in [0.5, 0.6) is 5.75 Å². The van der Waals surface area contributed by atoms with E-state index in [1.165, 1.54) is 6.33 Å². The van der Waals surface area contributed by atoms with E-state index in [0.29, 0.717) is 25.5 Å². The highest BCUT2D eigenvalue weighted by atomic mass is 16.6. The standard InChI is InChI=1S/C22H24N6O3/c1-31-19-9-7-17(8-10-19)15-23-21-20(28(29)30)22(25-16-24-21)27-13-11-26(12-14-27)18-5-3-2-4-6-18/h2-10,16H,11-15H2,1H3,(H,23,24,25). The lowest BCUT2D eigenvalue weighted by Gasteiger charge is -2.36. The molecule has 1 aliphatic heterocycles. The number of nitrogens with zero attached hydrogens (tertiary/aromatic N) is 5. The van der Waals surface area contributed by atoms with Crippen molar-refractivity contribution in [3.8, 4) is 5.75 Å². The second-order valence-electron chi connectivity index (χ2n) is 7.16. The smallest absolute Gasteiger partial charge is 0.353 e. The van der Waals surface area contributed by atoms with Gasteiger partial charge in [0.15, 0.2) is 0 Å². The third-order valence-electron chi connectivity index (χ3n) is 5.31. The average molecular weight is 420 g/mol. The van der Waals surface area contributed by atoms with Gasteiger partial charge in [-0.2, -0.15) is 0 Å². The number of piperazine rings is 1. The zero-order valence-electron chi connectivity index (χ0n) is 17.3. The van der Waals surface area contributed by atoms with Crippen LogP contribution in [0.3, 0.4) is 0 Å². The third-order valence-corrected chi connectivity index (χ3v) is 5.31. The molecule has 1 aliphatic rings. The molecule has 9 nitrogen and oxygen atoms in total. The van der Waals surface area contributed by atoms with E-state index in [9.17, 15) is 10.1 Å². The van der Waals surface area contributed by atoms with Crippen LogP contribution in [0, 0.1) is 10.1 Å². The van der Waals surface area contributed by atoms with Crippen molar-refractivity contribution in [3.05, 3.63) is 76.6 Å². The number of anilines is 3. The molecule has 3 aromatic rings. The molecule has 1 fully saturated rings. The molecule has 2 heterocycles. The Labute approximate surface area is 180 Å². The zero-order chi connectivity index (χ0) is 21.6. The summed E-state index contributed by atoms with van der Waals surface area (Å²) >= 11 is 0. The molecule has 1 saturated heterocycles. The lowest BCUT2D eigenvalue weighted by atomic mass is 10.2. The first-order valence-corrected chi connectivity index (χ1v) is 10.1. The molecule has 0 aliphatic carbocycles.